The fourth-order valence-electron chi connectivity index (χ4n) is 2.42. The van der Waals surface area contributed by atoms with Crippen LogP contribution < -0.4 is 14.8 Å². The summed E-state index contributed by atoms with van der Waals surface area (Å²) in [7, 11) is 2.98. The number of nitrogens with one attached hydrogen (secondary N) is 1. The van der Waals surface area contributed by atoms with E-state index in [1.165, 1.54) is 20.3 Å². The second-order valence-electron chi connectivity index (χ2n) is 5.57. The van der Waals surface area contributed by atoms with Gasteiger partial charge in [-0.3, -0.25) is 4.79 Å². The van der Waals surface area contributed by atoms with Crippen LogP contribution in [0.3, 0.4) is 0 Å². The summed E-state index contributed by atoms with van der Waals surface area (Å²) in [6.45, 7) is 3.51. The zero-order valence-electron chi connectivity index (χ0n) is 14.7. The molecule has 132 valence electrons. The lowest BCUT2D eigenvalue weighted by Gasteiger charge is -2.10. The van der Waals surface area contributed by atoms with Crippen LogP contribution in [0.5, 0.6) is 11.5 Å². The minimum atomic E-state index is -0.614. The largest absolute Gasteiger partial charge is 0.493 e. The van der Waals surface area contributed by atoms with E-state index in [1.807, 2.05) is 32.0 Å². The normalized spacial score (nSPS) is 10.1. The lowest BCUT2D eigenvalue weighted by atomic mass is 10.1. The topological polar surface area (TPSA) is 73.9 Å². The number of anilines is 1. The maximum atomic E-state index is 12.1. The third-order valence-electron chi connectivity index (χ3n) is 3.46. The molecule has 0 unspecified atom stereocenters. The van der Waals surface area contributed by atoms with Crippen molar-refractivity contribution in [3.8, 4) is 11.5 Å². The Kier molecular flexibility index (Phi) is 6.00. The summed E-state index contributed by atoms with van der Waals surface area (Å²) in [6, 6.07) is 10.4. The molecule has 2 rings (SSSR count). The van der Waals surface area contributed by atoms with Gasteiger partial charge in [0.15, 0.2) is 18.1 Å². The number of carbonyl (C=O) groups is 2. The lowest BCUT2D eigenvalue weighted by molar-refractivity contribution is -0.119. The zero-order valence-corrected chi connectivity index (χ0v) is 14.7. The Morgan fingerprint density at radius 1 is 0.920 bits per heavy atom. The Labute approximate surface area is 146 Å². The number of amides is 1. The zero-order chi connectivity index (χ0) is 18.4. The average Bonchev–Trinajstić information content (AvgIpc) is 2.58. The highest BCUT2D eigenvalue weighted by molar-refractivity contribution is 5.95. The molecule has 0 aliphatic carbocycles. The third kappa shape index (κ3) is 4.97. The summed E-state index contributed by atoms with van der Waals surface area (Å²) in [4.78, 5) is 24.0. The molecule has 0 saturated carbocycles. The first-order valence-corrected chi connectivity index (χ1v) is 7.70. The molecule has 25 heavy (non-hydrogen) atoms. The van der Waals surface area contributed by atoms with Crippen LogP contribution in [0.1, 0.15) is 21.5 Å². The number of aryl methyl sites for hydroxylation is 2. The second kappa shape index (κ2) is 8.19. The molecule has 0 aliphatic heterocycles. The molecule has 0 aromatic heterocycles. The fraction of sp³-hybridized carbons (Fsp3) is 0.263. The van der Waals surface area contributed by atoms with Gasteiger partial charge >= 0.3 is 5.97 Å². The Morgan fingerprint density at radius 3 is 2.16 bits per heavy atom. The maximum absolute atomic E-state index is 12.1. The average molecular weight is 343 g/mol. The van der Waals surface area contributed by atoms with Gasteiger partial charge < -0.3 is 19.5 Å². The molecule has 6 nitrogen and oxygen atoms in total. The van der Waals surface area contributed by atoms with Gasteiger partial charge in [0.1, 0.15) is 0 Å². The molecule has 0 radical (unpaired) electrons. The maximum Gasteiger partial charge on any atom is 0.338 e. The van der Waals surface area contributed by atoms with E-state index in [0.29, 0.717) is 17.2 Å². The summed E-state index contributed by atoms with van der Waals surface area (Å²) in [5.74, 6) is -0.0985. The summed E-state index contributed by atoms with van der Waals surface area (Å²) in [5.41, 5.74) is 3.02. The first-order chi connectivity index (χ1) is 11.9. The summed E-state index contributed by atoms with van der Waals surface area (Å²) < 4.78 is 15.3. The molecule has 0 atom stereocenters. The summed E-state index contributed by atoms with van der Waals surface area (Å²) in [6.07, 6.45) is 0. The van der Waals surface area contributed by atoms with Gasteiger partial charge in [0.2, 0.25) is 0 Å². The number of esters is 1. The molecular weight excluding hydrogens is 322 g/mol. The molecule has 6 heteroatoms. The molecule has 0 aliphatic rings. The van der Waals surface area contributed by atoms with Gasteiger partial charge in [0, 0.05) is 5.69 Å². The van der Waals surface area contributed by atoms with Crippen molar-refractivity contribution in [1.82, 2.24) is 0 Å². The van der Waals surface area contributed by atoms with Crippen molar-refractivity contribution in [2.45, 2.75) is 13.8 Å². The van der Waals surface area contributed by atoms with Gasteiger partial charge in [0.05, 0.1) is 19.8 Å². The van der Waals surface area contributed by atoms with Crippen molar-refractivity contribution in [2.75, 3.05) is 26.1 Å². The minimum Gasteiger partial charge on any atom is -0.493 e. The summed E-state index contributed by atoms with van der Waals surface area (Å²) in [5, 5.41) is 2.71. The van der Waals surface area contributed by atoms with Crippen LogP contribution in [-0.4, -0.2) is 32.7 Å². The number of benzene rings is 2. The van der Waals surface area contributed by atoms with Gasteiger partial charge in [0.25, 0.3) is 5.91 Å². The van der Waals surface area contributed by atoms with E-state index in [-0.39, 0.29) is 12.2 Å². The molecule has 0 saturated heterocycles. The highest BCUT2D eigenvalue weighted by atomic mass is 16.5. The third-order valence-corrected chi connectivity index (χ3v) is 3.46. The van der Waals surface area contributed by atoms with Gasteiger partial charge in [-0.1, -0.05) is 6.07 Å². The predicted molar refractivity (Wildman–Crippen MR) is 94.4 cm³/mol. The van der Waals surface area contributed by atoms with E-state index in [2.05, 4.69) is 5.32 Å². The van der Waals surface area contributed by atoms with Gasteiger partial charge in [-0.2, -0.15) is 0 Å². The Morgan fingerprint density at radius 2 is 1.56 bits per heavy atom. The lowest BCUT2D eigenvalue weighted by Crippen LogP contribution is -2.21. The van der Waals surface area contributed by atoms with E-state index in [9.17, 15) is 9.59 Å². The quantitative estimate of drug-likeness (QED) is 0.816. The highest BCUT2D eigenvalue weighted by Gasteiger charge is 2.14. The van der Waals surface area contributed by atoms with Crippen LogP contribution in [0, 0.1) is 13.8 Å². The molecule has 2 aromatic carbocycles. The molecule has 0 heterocycles. The molecule has 0 bridgehead atoms. The van der Waals surface area contributed by atoms with Crippen LogP contribution in [-0.2, 0) is 9.53 Å². The number of hydrogen-bond acceptors (Lipinski definition) is 5. The van der Waals surface area contributed by atoms with Crippen molar-refractivity contribution < 1.29 is 23.8 Å². The second-order valence-corrected chi connectivity index (χ2v) is 5.57. The van der Waals surface area contributed by atoms with E-state index >= 15 is 0 Å². The Hall–Kier alpha value is -3.02. The molecule has 1 amide bonds. The number of methoxy groups -OCH3 is 2. The molecule has 1 N–H and O–H groups in total. The Bertz CT molecular complexity index is 765. The first-order valence-electron chi connectivity index (χ1n) is 7.70. The van der Waals surface area contributed by atoms with E-state index < -0.39 is 11.9 Å². The first kappa shape index (κ1) is 18.3. The summed E-state index contributed by atoms with van der Waals surface area (Å²) >= 11 is 0. The van der Waals surface area contributed by atoms with Crippen molar-refractivity contribution >= 4 is 17.6 Å². The van der Waals surface area contributed by atoms with Crippen LogP contribution in [0.15, 0.2) is 36.4 Å². The number of carbonyl (C=O) groups excluding carboxylic acids is 2. The molecule has 0 fully saturated rings. The van der Waals surface area contributed by atoms with E-state index in [4.69, 9.17) is 14.2 Å². The Balaban J connectivity index is 1.96. The van der Waals surface area contributed by atoms with Gasteiger partial charge in [-0.05, 0) is 55.3 Å². The van der Waals surface area contributed by atoms with Crippen LogP contribution in [0.25, 0.3) is 0 Å². The molecular formula is C19H21NO5. The number of ether oxygens (including phenoxy) is 3. The SMILES string of the molecule is COc1ccc(C(=O)OCC(=O)Nc2cc(C)cc(C)c2)cc1OC. The van der Waals surface area contributed by atoms with Crippen LogP contribution in [0.4, 0.5) is 5.69 Å². The van der Waals surface area contributed by atoms with E-state index in [1.54, 1.807) is 12.1 Å². The fourth-order valence-corrected chi connectivity index (χ4v) is 2.42. The van der Waals surface area contributed by atoms with Gasteiger partial charge in [-0.15, -0.1) is 0 Å². The number of rotatable bonds is 6. The highest BCUT2D eigenvalue weighted by Crippen LogP contribution is 2.27. The van der Waals surface area contributed by atoms with Gasteiger partial charge in [-0.25, -0.2) is 4.79 Å². The smallest absolute Gasteiger partial charge is 0.338 e. The monoisotopic (exact) mass is 343 g/mol. The van der Waals surface area contributed by atoms with Crippen molar-refractivity contribution in [3.63, 3.8) is 0 Å². The van der Waals surface area contributed by atoms with E-state index in [0.717, 1.165) is 11.1 Å². The molecule has 2 aromatic rings. The minimum absolute atomic E-state index is 0.275. The van der Waals surface area contributed by atoms with Crippen molar-refractivity contribution in [2.24, 2.45) is 0 Å². The molecule has 0 spiro atoms. The van der Waals surface area contributed by atoms with Crippen molar-refractivity contribution in [3.05, 3.63) is 53.1 Å². The van der Waals surface area contributed by atoms with Crippen LogP contribution >= 0.6 is 0 Å². The van der Waals surface area contributed by atoms with Crippen molar-refractivity contribution in [1.29, 1.82) is 0 Å². The standard InChI is InChI=1S/C19H21NO5/c1-12-7-13(2)9-15(8-12)20-18(21)11-25-19(22)14-5-6-16(23-3)17(10-14)24-4/h5-10H,11H2,1-4H3,(H,20,21). The van der Waals surface area contributed by atoms with Crippen LogP contribution in [0.2, 0.25) is 0 Å². The number of hydrogen-bond donors (Lipinski definition) is 1. The predicted octanol–water partition coefficient (Wildman–Crippen LogP) is 3.12.